The second kappa shape index (κ2) is 4.82. The number of rotatable bonds is 3. The molecule has 1 aliphatic carbocycles. The molecule has 17 heavy (non-hydrogen) atoms. The van der Waals surface area contributed by atoms with E-state index < -0.39 is 5.41 Å². The number of hydrogen-bond donors (Lipinski definition) is 0. The average molecular weight is 232 g/mol. The molecule has 2 heteroatoms. The maximum Gasteiger partial charge on any atom is 0.143 e. The predicted octanol–water partition coefficient (Wildman–Crippen LogP) is 3.78. The molecule has 1 fully saturated rings. The number of Topliss-reactive ketones (excluding diaryl/α,β-unsaturated/α-hetero) is 1. The van der Waals surface area contributed by atoms with Crippen LogP contribution in [0.15, 0.2) is 36.9 Å². The van der Waals surface area contributed by atoms with E-state index in [0.29, 0.717) is 12.8 Å². The maximum absolute atomic E-state index is 13.3. The van der Waals surface area contributed by atoms with E-state index in [1.165, 1.54) is 12.1 Å². The second-order valence-electron chi connectivity index (χ2n) is 4.72. The lowest BCUT2D eigenvalue weighted by Gasteiger charge is -2.35. The Morgan fingerprint density at radius 2 is 2.24 bits per heavy atom. The number of allylic oxidation sites excluding steroid dienone is 1. The van der Waals surface area contributed by atoms with E-state index in [4.69, 9.17) is 0 Å². The molecule has 0 spiro atoms. The highest BCUT2D eigenvalue weighted by molar-refractivity contribution is 5.91. The molecule has 1 aliphatic rings. The molecular weight excluding hydrogens is 215 g/mol. The van der Waals surface area contributed by atoms with E-state index in [1.54, 1.807) is 12.1 Å². The molecule has 1 saturated carbocycles. The molecule has 0 aliphatic heterocycles. The molecule has 0 heterocycles. The number of benzene rings is 1. The number of hydrogen-bond acceptors (Lipinski definition) is 1. The summed E-state index contributed by atoms with van der Waals surface area (Å²) < 4.78 is 13.3. The monoisotopic (exact) mass is 232 g/mol. The van der Waals surface area contributed by atoms with Gasteiger partial charge in [0.15, 0.2) is 0 Å². The lowest BCUT2D eigenvalue weighted by atomic mass is 9.66. The molecule has 0 bridgehead atoms. The van der Waals surface area contributed by atoms with Crippen molar-refractivity contribution < 1.29 is 9.18 Å². The van der Waals surface area contributed by atoms with Gasteiger partial charge >= 0.3 is 0 Å². The van der Waals surface area contributed by atoms with Crippen LogP contribution in [0.5, 0.6) is 0 Å². The van der Waals surface area contributed by atoms with E-state index in [0.717, 1.165) is 24.8 Å². The number of carbonyl (C=O) groups excluding carboxylic acids is 1. The summed E-state index contributed by atoms with van der Waals surface area (Å²) in [6, 6.07) is 6.44. The summed E-state index contributed by atoms with van der Waals surface area (Å²) in [5, 5.41) is 0. The highest BCUT2D eigenvalue weighted by Gasteiger charge is 2.40. The van der Waals surface area contributed by atoms with Crippen molar-refractivity contribution in [1.29, 1.82) is 0 Å². The summed E-state index contributed by atoms with van der Waals surface area (Å²) in [6.07, 6.45) is 5.76. The van der Waals surface area contributed by atoms with Gasteiger partial charge in [-0.3, -0.25) is 4.79 Å². The smallest absolute Gasteiger partial charge is 0.143 e. The molecule has 1 aromatic carbocycles. The Kier molecular flexibility index (Phi) is 3.41. The van der Waals surface area contributed by atoms with Crippen LogP contribution in [-0.4, -0.2) is 5.78 Å². The normalized spacial score (nSPS) is 24.6. The Balaban J connectivity index is 2.46. The Morgan fingerprint density at radius 1 is 1.41 bits per heavy atom. The van der Waals surface area contributed by atoms with Gasteiger partial charge in [0.1, 0.15) is 11.6 Å². The fraction of sp³-hybridized carbons (Fsp3) is 0.400. The van der Waals surface area contributed by atoms with Crippen LogP contribution in [0.4, 0.5) is 4.39 Å². The van der Waals surface area contributed by atoms with Crippen LogP contribution in [0.25, 0.3) is 0 Å². The number of carbonyl (C=O) groups is 1. The number of halogens is 1. The minimum Gasteiger partial charge on any atom is -0.299 e. The van der Waals surface area contributed by atoms with Gasteiger partial charge in [-0.15, -0.1) is 6.58 Å². The quantitative estimate of drug-likeness (QED) is 0.725. The first kappa shape index (κ1) is 12.0. The van der Waals surface area contributed by atoms with Crippen molar-refractivity contribution in [3.05, 3.63) is 48.3 Å². The molecule has 2 rings (SSSR count). The third-order valence-corrected chi connectivity index (χ3v) is 3.66. The van der Waals surface area contributed by atoms with Crippen LogP contribution in [0.1, 0.15) is 37.7 Å². The van der Waals surface area contributed by atoms with Crippen LogP contribution in [0, 0.1) is 5.82 Å². The Morgan fingerprint density at radius 3 is 2.88 bits per heavy atom. The highest BCUT2D eigenvalue weighted by Crippen LogP contribution is 2.40. The zero-order valence-corrected chi connectivity index (χ0v) is 9.92. The van der Waals surface area contributed by atoms with E-state index in [-0.39, 0.29) is 11.6 Å². The minimum atomic E-state index is -0.526. The van der Waals surface area contributed by atoms with Gasteiger partial charge in [0, 0.05) is 6.42 Å². The molecule has 0 saturated heterocycles. The first-order chi connectivity index (χ1) is 8.19. The summed E-state index contributed by atoms with van der Waals surface area (Å²) >= 11 is 0. The summed E-state index contributed by atoms with van der Waals surface area (Å²) in [5.41, 5.74) is 0.282. The molecule has 0 radical (unpaired) electrons. The largest absolute Gasteiger partial charge is 0.299 e. The fourth-order valence-corrected chi connectivity index (χ4v) is 2.76. The lowest BCUT2D eigenvalue weighted by molar-refractivity contribution is -0.126. The fourth-order valence-electron chi connectivity index (χ4n) is 2.76. The van der Waals surface area contributed by atoms with Gasteiger partial charge in [-0.05, 0) is 37.0 Å². The maximum atomic E-state index is 13.3. The molecule has 0 N–H and O–H groups in total. The van der Waals surface area contributed by atoms with Gasteiger partial charge in [-0.25, -0.2) is 4.39 Å². The van der Waals surface area contributed by atoms with Crippen LogP contribution in [0.3, 0.4) is 0 Å². The Bertz CT molecular complexity index is 438. The summed E-state index contributed by atoms with van der Waals surface area (Å²) in [4.78, 5) is 12.2. The molecule has 0 amide bonds. The van der Waals surface area contributed by atoms with Crippen LogP contribution >= 0.6 is 0 Å². The van der Waals surface area contributed by atoms with Crippen molar-refractivity contribution in [3.8, 4) is 0 Å². The summed E-state index contributed by atoms with van der Waals surface area (Å²) in [7, 11) is 0. The molecule has 0 unspecified atom stereocenters. The minimum absolute atomic E-state index is 0.231. The SMILES string of the molecule is C=CC[C@]1(c2cccc(F)c2)CCCCC1=O. The van der Waals surface area contributed by atoms with Crippen LogP contribution < -0.4 is 0 Å². The van der Waals surface area contributed by atoms with Gasteiger partial charge in [0.05, 0.1) is 5.41 Å². The molecular formula is C15H17FO. The van der Waals surface area contributed by atoms with Crippen molar-refractivity contribution in [2.75, 3.05) is 0 Å². The van der Waals surface area contributed by atoms with Gasteiger partial charge < -0.3 is 0 Å². The van der Waals surface area contributed by atoms with Gasteiger partial charge in [-0.2, -0.15) is 0 Å². The Labute approximate surface area is 101 Å². The lowest BCUT2D eigenvalue weighted by Crippen LogP contribution is -2.38. The van der Waals surface area contributed by atoms with Crippen molar-refractivity contribution in [2.24, 2.45) is 0 Å². The van der Waals surface area contributed by atoms with Crippen LogP contribution in [0.2, 0.25) is 0 Å². The molecule has 1 atom stereocenters. The standard InChI is InChI=1S/C15H17FO/c1-2-9-15(10-4-3-8-14(15)17)12-6-5-7-13(16)11-12/h2,5-7,11H,1,3-4,8-10H2/t15-/m1/s1. The zero-order valence-electron chi connectivity index (χ0n) is 9.92. The Hall–Kier alpha value is -1.44. The van der Waals surface area contributed by atoms with Crippen molar-refractivity contribution in [2.45, 2.75) is 37.5 Å². The third-order valence-electron chi connectivity index (χ3n) is 3.66. The van der Waals surface area contributed by atoms with Crippen molar-refractivity contribution in [1.82, 2.24) is 0 Å². The van der Waals surface area contributed by atoms with Crippen molar-refractivity contribution >= 4 is 5.78 Å². The van der Waals surface area contributed by atoms with Gasteiger partial charge in [0.2, 0.25) is 0 Å². The third kappa shape index (κ3) is 2.17. The summed E-state index contributed by atoms with van der Waals surface area (Å²) in [5.74, 6) is -0.0430. The van der Waals surface area contributed by atoms with E-state index in [9.17, 15) is 9.18 Å². The predicted molar refractivity (Wildman–Crippen MR) is 66.4 cm³/mol. The number of ketones is 1. The van der Waals surface area contributed by atoms with Crippen LogP contribution in [-0.2, 0) is 10.2 Å². The first-order valence-corrected chi connectivity index (χ1v) is 6.09. The highest BCUT2D eigenvalue weighted by atomic mass is 19.1. The molecule has 90 valence electrons. The average Bonchev–Trinajstić information content (AvgIpc) is 2.32. The molecule has 0 aromatic heterocycles. The first-order valence-electron chi connectivity index (χ1n) is 6.09. The second-order valence-corrected chi connectivity index (χ2v) is 4.72. The topological polar surface area (TPSA) is 17.1 Å². The van der Waals surface area contributed by atoms with Gasteiger partial charge in [0.25, 0.3) is 0 Å². The van der Waals surface area contributed by atoms with E-state index >= 15 is 0 Å². The molecule has 1 nitrogen and oxygen atoms in total. The van der Waals surface area contributed by atoms with Gasteiger partial charge in [-0.1, -0.05) is 24.6 Å². The zero-order chi connectivity index (χ0) is 12.3. The summed E-state index contributed by atoms with van der Waals surface area (Å²) in [6.45, 7) is 3.74. The van der Waals surface area contributed by atoms with E-state index in [2.05, 4.69) is 6.58 Å². The van der Waals surface area contributed by atoms with E-state index in [1.807, 2.05) is 6.07 Å². The van der Waals surface area contributed by atoms with Crippen molar-refractivity contribution in [3.63, 3.8) is 0 Å². The molecule has 1 aromatic rings.